The van der Waals surface area contributed by atoms with Gasteiger partial charge in [-0.3, -0.25) is 0 Å². The highest BCUT2D eigenvalue weighted by atomic mass is 16.6. The Morgan fingerprint density at radius 3 is 2.16 bits per heavy atom. The summed E-state index contributed by atoms with van der Waals surface area (Å²) in [6.45, 7) is 12.4. The Hall–Kier alpha value is -2.03. The second-order valence-electron chi connectivity index (χ2n) is 3.52. The van der Waals surface area contributed by atoms with E-state index in [1.54, 1.807) is 12.2 Å². The van der Waals surface area contributed by atoms with Crippen LogP contribution in [0.2, 0.25) is 0 Å². The van der Waals surface area contributed by atoms with Crippen molar-refractivity contribution in [3.05, 3.63) is 61.2 Å². The first-order valence-corrected chi connectivity index (χ1v) is 6.45. The molecule has 0 heterocycles. The highest BCUT2D eigenvalue weighted by molar-refractivity contribution is 5.68. The Morgan fingerprint density at radius 1 is 1.16 bits per heavy atom. The minimum Gasteiger partial charge on any atom is -0.445 e. The second kappa shape index (κ2) is 11.1. The lowest BCUT2D eigenvalue weighted by Gasteiger charge is -2.18. The molecule has 0 radical (unpaired) electrons. The first-order chi connectivity index (χ1) is 9.27. The zero-order chi connectivity index (χ0) is 14.5. The number of amides is 1. The topological polar surface area (TPSA) is 29.5 Å². The Bertz CT molecular complexity index is 364. The molecule has 0 saturated carbocycles. The molecule has 3 heteroatoms. The number of ether oxygens (including phenoxy) is 1. The van der Waals surface area contributed by atoms with Gasteiger partial charge in [-0.2, -0.15) is 0 Å². The fraction of sp³-hybridized carbons (Fsp3) is 0.312. The van der Waals surface area contributed by atoms with E-state index in [2.05, 4.69) is 13.2 Å². The van der Waals surface area contributed by atoms with E-state index in [9.17, 15) is 4.79 Å². The standard InChI is InChI=1S/C14H17NO2.C2H6/c1-3-10-15(11-4-2)14(16)17-12-13-8-6-5-7-9-13;1-2/h3-9H,1-2,10-12H2;1-2H3. The number of benzene rings is 1. The van der Waals surface area contributed by atoms with Crippen LogP contribution in [0.25, 0.3) is 0 Å². The van der Waals surface area contributed by atoms with Gasteiger partial charge in [0.1, 0.15) is 6.61 Å². The molecule has 3 nitrogen and oxygen atoms in total. The summed E-state index contributed by atoms with van der Waals surface area (Å²) in [6.07, 6.45) is 2.97. The van der Waals surface area contributed by atoms with Crippen molar-refractivity contribution in [3.8, 4) is 0 Å². The summed E-state index contributed by atoms with van der Waals surface area (Å²) in [5.41, 5.74) is 0.970. The van der Waals surface area contributed by atoms with Crippen molar-refractivity contribution in [2.45, 2.75) is 20.5 Å². The molecule has 0 atom stereocenters. The molecule has 0 saturated heterocycles. The highest BCUT2D eigenvalue weighted by Gasteiger charge is 2.11. The first-order valence-electron chi connectivity index (χ1n) is 6.45. The zero-order valence-electron chi connectivity index (χ0n) is 11.8. The summed E-state index contributed by atoms with van der Waals surface area (Å²) in [7, 11) is 0. The van der Waals surface area contributed by atoms with E-state index in [0.29, 0.717) is 13.1 Å². The predicted octanol–water partition coefficient (Wildman–Crippen LogP) is 4.02. The largest absolute Gasteiger partial charge is 0.445 e. The SMILES string of the molecule is C=CCN(CC=C)C(=O)OCc1ccccc1.CC. The Kier molecular flexibility index (Phi) is 9.90. The van der Waals surface area contributed by atoms with Crippen molar-refractivity contribution < 1.29 is 9.53 Å². The molecule has 1 amide bonds. The third kappa shape index (κ3) is 7.09. The van der Waals surface area contributed by atoms with Crippen LogP contribution in [0.15, 0.2) is 55.6 Å². The van der Waals surface area contributed by atoms with E-state index in [4.69, 9.17) is 4.74 Å². The summed E-state index contributed by atoms with van der Waals surface area (Å²) in [5.74, 6) is 0. The minimum atomic E-state index is -0.353. The normalized spacial score (nSPS) is 8.74. The summed E-state index contributed by atoms with van der Waals surface area (Å²) in [4.78, 5) is 13.2. The van der Waals surface area contributed by atoms with Gasteiger partial charge < -0.3 is 9.64 Å². The number of carbonyl (C=O) groups excluding carboxylic acids is 1. The summed E-state index contributed by atoms with van der Waals surface area (Å²) < 4.78 is 5.19. The number of carbonyl (C=O) groups is 1. The maximum absolute atomic E-state index is 11.7. The second-order valence-corrected chi connectivity index (χ2v) is 3.52. The molecule has 0 aliphatic heterocycles. The molecule has 19 heavy (non-hydrogen) atoms. The monoisotopic (exact) mass is 261 g/mol. The maximum Gasteiger partial charge on any atom is 0.410 e. The molecule has 1 aromatic rings. The van der Waals surface area contributed by atoms with Crippen LogP contribution in [-0.2, 0) is 11.3 Å². The molecular weight excluding hydrogens is 238 g/mol. The van der Waals surface area contributed by atoms with Gasteiger partial charge in [-0.15, -0.1) is 13.2 Å². The fourth-order valence-electron chi connectivity index (χ4n) is 1.35. The van der Waals surface area contributed by atoms with E-state index in [-0.39, 0.29) is 12.7 Å². The van der Waals surface area contributed by atoms with Crippen LogP contribution in [0, 0.1) is 0 Å². The van der Waals surface area contributed by atoms with Gasteiger partial charge in [-0.25, -0.2) is 4.79 Å². The van der Waals surface area contributed by atoms with Crippen LogP contribution in [0.4, 0.5) is 4.79 Å². The first kappa shape index (κ1) is 17.0. The van der Waals surface area contributed by atoms with Gasteiger partial charge in [0.25, 0.3) is 0 Å². The van der Waals surface area contributed by atoms with Crippen LogP contribution in [0.3, 0.4) is 0 Å². The van der Waals surface area contributed by atoms with E-state index >= 15 is 0 Å². The molecule has 0 spiro atoms. The smallest absolute Gasteiger partial charge is 0.410 e. The summed E-state index contributed by atoms with van der Waals surface area (Å²) in [5, 5.41) is 0. The van der Waals surface area contributed by atoms with Crippen molar-refractivity contribution in [2.24, 2.45) is 0 Å². The molecule has 0 aromatic heterocycles. The average molecular weight is 261 g/mol. The van der Waals surface area contributed by atoms with Gasteiger partial charge in [0.2, 0.25) is 0 Å². The van der Waals surface area contributed by atoms with E-state index < -0.39 is 0 Å². The Balaban J connectivity index is 0.00000154. The molecule has 0 unspecified atom stereocenters. The van der Waals surface area contributed by atoms with Crippen molar-refractivity contribution in [2.75, 3.05) is 13.1 Å². The van der Waals surface area contributed by atoms with E-state index in [1.165, 1.54) is 4.90 Å². The lowest BCUT2D eigenvalue weighted by molar-refractivity contribution is 0.104. The van der Waals surface area contributed by atoms with Crippen LogP contribution < -0.4 is 0 Å². The van der Waals surface area contributed by atoms with E-state index in [0.717, 1.165) is 5.56 Å². The van der Waals surface area contributed by atoms with Crippen LogP contribution in [0.1, 0.15) is 19.4 Å². The summed E-state index contributed by atoms with van der Waals surface area (Å²) in [6, 6.07) is 9.58. The van der Waals surface area contributed by atoms with Crippen LogP contribution in [0.5, 0.6) is 0 Å². The predicted molar refractivity (Wildman–Crippen MR) is 79.9 cm³/mol. The van der Waals surface area contributed by atoms with Gasteiger partial charge in [-0.05, 0) is 5.56 Å². The third-order valence-electron chi connectivity index (χ3n) is 2.16. The molecule has 0 bridgehead atoms. The number of hydrogen-bond donors (Lipinski definition) is 0. The molecule has 0 aliphatic rings. The van der Waals surface area contributed by atoms with Crippen molar-refractivity contribution in [3.63, 3.8) is 0 Å². The van der Waals surface area contributed by atoms with Gasteiger partial charge in [0.05, 0.1) is 0 Å². The van der Waals surface area contributed by atoms with Gasteiger partial charge >= 0.3 is 6.09 Å². The van der Waals surface area contributed by atoms with Crippen molar-refractivity contribution >= 4 is 6.09 Å². The molecule has 0 aliphatic carbocycles. The maximum atomic E-state index is 11.7. The zero-order valence-corrected chi connectivity index (χ0v) is 11.8. The number of nitrogens with zero attached hydrogens (tertiary/aromatic N) is 1. The van der Waals surface area contributed by atoms with Crippen molar-refractivity contribution in [1.82, 2.24) is 4.90 Å². The molecule has 104 valence electrons. The van der Waals surface area contributed by atoms with E-state index in [1.807, 2.05) is 44.2 Å². The van der Waals surface area contributed by atoms with Gasteiger partial charge in [0, 0.05) is 13.1 Å². The fourth-order valence-corrected chi connectivity index (χ4v) is 1.35. The molecular formula is C16H23NO2. The molecule has 0 N–H and O–H groups in total. The summed E-state index contributed by atoms with van der Waals surface area (Å²) >= 11 is 0. The molecule has 0 fully saturated rings. The average Bonchev–Trinajstić information content (AvgIpc) is 2.48. The Labute approximate surface area is 116 Å². The quantitative estimate of drug-likeness (QED) is 0.724. The minimum absolute atomic E-state index is 0.282. The van der Waals surface area contributed by atoms with Crippen LogP contribution >= 0.6 is 0 Å². The lowest BCUT2D eigenvalue weighted by Crippen LogP contribution is -2.31. The van der Waals surface area contributed by atoms with Crippen LogP contribution in [-0.4, -0.2) is 24.1 Å². The van der Waals surface area contributed by atoms with Gasteiger partial charge in [-0.1, -0.05) is 56.3 Å². The molecule has 1 rings (SSSR count). The Morgan fingerprint density at radius 2 is 1.68 bits per heavy atom. The van der Waals surface area contributed by atoms with Gasteiger partial charge in [0.15, 0.2) is 0 Å². The highest BCUT2D eigenvalue weighted by Crippen LogP contribution is 2.03. The third-order valence-corrected chi connectivity index (χ3v) is 2.16. The number of hydrogen-bond acceptors (Lipinski definition) is 2. The lowest BCUT2D eigenvalue weighted by atomic mass is 10.2. The molecule has 1 aromatic carbocycles. The number of rotatable bonds is 6. The van der Waals surface area contributed by atoms with Crippen molar-refractivity contribution in [1.29, 1.82) is 0 Å².